The van der Waals surface area contributed by atoms with Crippen LogP contribution >= 0.6 is 10.8 Å². The highest BCUT2D eigenvalue weighted by atomic mass is 32.3. The Labute approximate surface area is 44.8 Å². The van der Waals surface area contributed by atoms with Crippen molar-refractivity contribution >= 4 is 10.8 Å². The molecule has 46 valence electrons. The lowest BCUT2D eigenvalue weighted by molar-refractivity contribution is 0.746. The van der Waals surface area contributed by atoms with Crippen molar-refractivity contribution in [2.75, 3.05) is 12.0 Å². The van der Waals surface area contributed by atoms with Gasteiger partial charge in [0.25, 0.3) is 0 Å². The molecule has 0 nitrogen and oxygen atoms in total. The molecule has 0 heterocycles. The van der Waals surface area contributed by atoms with Crippen LogP contribution in [0.1, 0.15) is 13.3 Å². The van der Waals surface area contributed by atoms with Gasteiger partial charge in [-0.1, -0.05) is 6.92 Å². The molecule has 0 saturated heterocycles. The second-order valence-corrected chi connectivity index (χ2v) is 3.73. The zero-order valence-electron chi connectivity index (χ0n) is 4.58. The fourth-order valence-electron chi connectivity index (χ4n) is 0.358. The SMILES string of the molecule is CCCS(C)(F)F. The van der Waals surface area contributed by atoms with Crippen molar-refractivity contribution < 1.29 is 7.77 Å². The Balaban J connectivity index is 3.15. The van der Waals surface area contributed by atoms with E-state index in [1.54, 1.807) is 6.92 Å². The first-order chi connectivity index (χ1) is 3.06. The van der Waals surface area contributed by atoms with Crippen LogP contribution in [0.2, 0.25) is 0 Å². The standard InChI is InChI=1S/C4H10F2S/c1-3-4-7(2,5)6/h3-4H2,1-2H3. The maximum atomic E-state index is 11.8. The maximum Gasteiger partial charge on any atom is 0.0544 e. The molecule has 0 fully saturated rings. The number of rotatable bonds is 2. The second kappa shape index (κ2) is 2.50. The lowest BCUT2D eigenvalue weighted by Crippen LogP contribution is -1.85. The van der Waals surface area contributed by atoms with E-state index in [1.807, 2.05) is 0 Å². The first-order valence-electron chi connectivity index (χ1n) is 2.21. The van der Waals surface area contributed by atoms with Crippen molar-refractivity contribution in [2.24, 2.45) is 0 Å². The van der Waals surface area contributed by atoms with Crippen molar-refractivity contribution in [2.45, 2.75) is 13.3 Å². The van der Waals surface area contributed by atoms with Crippen LogP contribution in [0.25, 0.3) is 0 Å². The Bertz CT molecular complexity index is 48.1. The molecule has 3 heteroatoms. The van der Waals surface area contributed by atoms with E-state index in [0.717, 1.165) is 6.26 Å². The van der Waals surface area contributed by atoms with Crippen LogP contribution in [0.4, 0.5) is 7.77 Å². The number of hydrogen-bond acceptors (Lipinski definition) is 0. The van der Waals surface area contributed by atoms with Gasteiger partial charge >= 0.3 is 0 Å². The molecular formula is C4H10F2S. The van der Waals surface area contributed by atoms with Gasteiger partial charge in [0.1, 0.15) is 0 Å². The third kappa shape index (κ3) is 6.21. The molecule has 0 bridgehead atoms. The Morgan fingerprint density at radius 3 is 1.86 bits per heavy atom. The van der Waals surface area contributed by atoms with E-state index in [9.17, 15) is 7.77 Å². The fraction of sp³-hybridized carbons (Fsp3) is 1.00. The molecule has 0 radical (unpaired) electrons. The largest absolute Gasteiger partial charge is 0.158 e. The summed E-state index contributed by atoms with van der Waals surface area (Å²) in [6, 6.07) is 0. The number of halogens is 2. The van der Waals surface area contributed by atoms with Crippen LogP contribution in [0.3, 0.4) is 0 Å². The van der Waals surface area contributed by atoms with E-state index < -0.39 is 10.8 Å². The first-order valence-corrected chi connectivity index (χ1v) is 4.22. The maximum absolute atomic E-state index is 11.8. The zero-order chi connectivity index (χ0) is 5.91. The van der Waals surface area contributed by atoms with Crippen LogP contribution in [0.5, 0.6) is 0 Å². The Morgan fingerprint density at radius 2 is 1.86 bits per heavy atom. The summed E-state index contributed by atoms with van der Waals surface area (Å²) in [6.07, 6.45) is 1.62. The topological polar surface area (TPSA) is 0 Å². The second-order valence-electron chi connectivity index (χ2n) is 1.58. The molecule has 0 amide bonds. The van der Waals surface area contributed by atoms with E-state index >= 15 is 0 Å². The monoisotopic (exact) mass is 128 g/mol. The molecule has 0 aromatic heterocycles. The molecule has 0 atom stereocenters. The van der Waals surface area contributed by atoms with Crippen LogP contribution < -0.4 is 0 Å². The average Bonchev–Trinajstić information content (AvgIpc) is 1.30. The molecule has 7 heavy (non-hydrogen) atoms. The van der Waals surface area contributed by atoms with Gasteiger partial charge in [0, 0.05) is 12.0 Å². The van der Waals surface area contributed by atoms with Crippen LogP contribution in [-0.2, 0) is 0 Å². The Kier molecular flexibility index (Phi) is 2.58. The predicted molar refractivity (Wildman–Crippen MR) is 30.9 cm³/mol. The molecule has 0 saturated carbocycles. The zero-order valence-corrected chi connectivity index (χ0v) is 5.39. The van der Waals surface area contributed by atoms with Crippen LogP contribution in [0, 0.1) is 0 Å². The summed E-state index contributed by atoms with van der Waals surface area (Å²) < 4.78 is 23.6. The third-order valence-corrected chi connectivity index (χ3v) is 1.69. The van der Waals surface area contributed by atoms with Crippen molar-refractivity contribution in [3.8, 4) is 0 Å². The quantitative estimate of drug-likeness (QED) is 0.536. The lowest BCUT2D eigenvalue weighted by atomic mass is 10.6. The van der Waals surface area contributed by atoms with E-state index in [2.05, 4.69) is 0 Å². The average molecular weight is 128 g/mol. The minimum absolute atomic E-state index is 0.0903. The van der Waals surface area contributed by atoms with Crippen molar-refractivity contribution in [3.05, 3.63) is 0 Å². The van der Waals surface area contributed by atoms with E-state index in [4.69, 9.17) is 0 Å². The summed E-state index contributed by atoms with van der Waals surface area (Å²) in [5.74, 6) is 0.0903. The van der Waals surface area contributed by atoms with Gasteiger partial charge in [0.05, 0.1) is 10.8 Å². The normalized spacial score (nSPS) is 14.3. The van der Waals surface area contributed by atoms with Gasteiger partial charge in [-0.05, 0) is 6.42 Å². The molecule has 0 aliphatic carbocycles. The van der Waals surface area contributed by atoms with Crippen molar-refractivity contribution in [1.29, 1.82) is 0 Å². The smallest absolute Gasteiger partial charge is 0.0544 e. The molecule has 0 aliphatic rings. The van der Waals surface area contributed by atoms with Crippen LogP contribution in [-0.4, -0.2) is 12.0 Å². The molecular weight excluding hydrogens is 118 g/mol. The van der Waals surface area contributed by atoms with Crippen molar-refractivity contribution in [3.63, 3.8) is 0 Å². The molecule has 0 N–H and O–H groups in total. The van der Waals surface area contributed by atoms with Gasteiger partial charge < -0.3 is 0 Å². The van der Waals surface area contributed by atoms with Gasteiger partial charge in [0.15, 0.2) is 0 Å². The molecule has 0 rings (SSSR count). The summed E-state index contributed by atoms with van der Waals surface area (Å²) in [5, 5.41) is 0. The van der Waals surface area contributed by atoms with Gasteiger partial charge in [0.2, 0.25) is 0 Å². The summed E-state index contributed by atoms with van der Waals surface area (Å²) in [5.41, 5.74) is 0. The fourth-order valence-corrected chi connectivity index (χ4v) is 1.08. The predicted octanol–water partition coefficient (Wildman–Crippen LogP) is 2.60. The summed E-state index contributed by atoms with van der Waals surface area (Å²) in [4.78, 5) is 0. The molecule has 0 aromatic rings. The highest BCUT2D eigenvalue weighted by Gasteiger charge is 2.10. The minimum atomic E-state index is -3.17. The van der Waals surface area contributed by atoms with Gasteiger partial charge in [-0.25, -0.2) is 0 Å². The first kappa shape index (κ1) is 7.21. The Hall–Kier alpha value is 0.210. The summed E-state index contributed by atoms with van der Waals surface area (Å²) >= 11 is 0. The van der Waals surface area contributed by atoms with Crippen molar-refractivity contribution in [1.82, 2.24) is 0 Å². The van der Waals surface area contributed by atoms with Crippen LogP contribution in [0.15, 0.2) is 0 Å². The molecule has 0 spiro atoms. The minimum Gasteiger partial charge on any atom is -0.158 e. The summed E-state index contributed by atoms with van der Waals surface area (Å²) in [6.45, 7) is 1.77. The third-order valence-electron chi connectivity index (χ3n) is 0.563. The highest BCUT2D eigenvalue weighted by Crippen LogP contribution is 2.47. The van der Waals surface area contributed by atoms with E-state index in [-0.39, 0.29) is 5.75 Å². The molecule has 0 aromatic carbocycles. The van der Waals surface area contributed by atoms with E-state index in [1.165, 1.54) is 0 Å². The van der Waals surface area contributed by atoms with Gasteiger partial charge in [-0.15, -0.1) is 0 Å². The number of hydrogen-bond donors (Lipinski definition) is 0. The lowest BCUT2D eigenvalue weighted by Gasteiger charge is -2.11. The van der Waals surface area contributed by atoms with Gasteiger partial charge in [-0.3, -0.25) is 0 Å². The van der Waals surface area contributed by atoms with E-state index in [0.29, 0.717) is 6.42 Å². The molecule has 0 aliphatic heterocycles. The summed E-state index contributed by atoms with van der Waals surface area (Å²) in [7, 11) is -3.17. The Morgan fingerprint density at radius 1 is 1.43 bits per heavy atom. The van der Waals surface area contributed by atoms with Gasteiger partial charge in [-0.2, -0.15) is 7.77 Å². The highest BCUT2D eigenvalue weighted by molar-refractivity contribution is 8.24. The molecule has 0 unspecified atom stereocenters.